The molecule has 4 heterocycles. The molecule has 0 radical (unpaired) electrons. The normalized spacial score (nSPS) is 21.8. The summed E-state index contributed by atoms with van der Waals surface area (Å²) in [7, 11) is 1.66. The second kappa shape index (κ2) is 6.25. The Kier molecular flexibility index (Phi) is 3.60. The Labute approximate surface area is 177 Å². The maximum atomic E-state index is 13.1. The molecule has 154 valence electrons. The van der Waals surface area contributed by atoms with Crippen molar-refractivity contribution in [3.63, 3.8) is 0 Å². The van der Waals surface area contributed by atoms with Gasteiger partial charge in [0.2, 0.25) is 18.6 Å². The number of hydrogen-bond donors (Lipinski definition) is 1. The van der Waals surface area contributed by atoms with Crippen LogP contribution in [0.1, 0.15) is 28.4 Å². The third-order valence-electron chi connectivity index (χ3n) is 6.39. The predicted octanol–water partition coefficient (Wildman–Crippen LogP) is 2.08. The summed E-state index contributed by atoms with van der Waals surface area (Å²) in [5.41, 5.74) is 4.08. The predicted molar refractivity (Wildman–Crippen MR) is 109 cm³/mol. The van der Waals surface area contributed by atoms with Crippen LogP contribution >= 0.6 is 0 Å². The summed E-state index contributed by atoms with van der Waals surface area (Å²) in [6.45, 7) is 0.205. The lowest BCUT2D eigenvalue weighted by molar-refractivity contribution is -0.157. The minimum Gasteiger partial charge on any atom is -0.454 e. The number of ether oxygens (including phenoxy) is 2. The van der Waals surface area contributed by atoms with E-state index in [0.29, 0.717) is 23.5 Å². The summed E-state index contributed by atoms with van der Waals surface area (Å²) in [6.07, 6.45) is 0.428. The number of nitriles is 1. The van der Waals surface area contributed by atoms with E-state index in [1.807, 2.05) is 24.3 Å². The number of likely N-dealkylation sites (N-methyl/N-ethyl adjacent to an activating group) is 1. The van der Waals surface area contributed by atoms with E-state index in [0.717, 1.165) is 27.7 Å². The number of amides is 2. The smallest absolute Gasteiger partial charge is 0.245 e. The molecule has 2 amide bonds. The molecule has 3 aliphatic heterocycles. The highest BCUT2D eigenvalue weighted by molar-refractivity contribution is 5.97. The van der Waals surface area contributed by atoms with E-state index in [4.69, 9.17) is 9.47 Å². The van der Waals surface area contributed by atoms with Gasteiger partial charge in [-0.25, -0.2) is 0 Å². The van der Waals surface area contributed by atoms with Gasteiger partial charge in [0.05, 0.1) is 24.2 Å². The average Bonchev–Trinajstić information content (AvgIpc) is 3.39. The number of benzene rings is 2. The van der Waals surface area contributed by atoms with Crippen LogP contribution in [0.25, 0.3) is 10.9 Å². The number of rotatable bonds is 1. The minimum absolute atomic E-state index is 0.0462. The molecule has 2 aromatic carbocycles. The van der Waals surface area contributed by atoms with Gasteiger partial charge in [-0.15, -0.1) is 0 Å². The SMILES string of the molecule is CN1CC(=O)N2[C@H](c3ccc4c(c3)OCO4)c3[nH]c4cc(C#N)ccc4c3C[C@@H]2C1=O. The molecule has 2 atom stereocenters. The molecule has 3 aromatic rings. The molecule has 1 N–H and O–H groups in total. The summed E-state index contributed by atoms with van der Waals surface area (Å²) >= 11 is 0. The quantitative estimate of drug-likeness (QED) is 0.657. The Hall–Kier alpha value is -3.99. The summed E-state index contributed by atoms with van der Waals surface area (Å²) in [4.78, 5) is 32.9. The first-order valence-electron chi connectivity index (χ1n) is 10.1. The van der Waals surface area contributed by atoms with E-state index >= 15 is 0 Å². The van der Waals surface area contributed by atoms with Crippen LogP contribution in [-0.4, -0.2) is 53.0 Å². The Bertz CT molecular complexity index is 1320. The molecule has 0 spiro atoms. The average molecular weight is 414 g/mol. The van der Waals surface area contributed by atoms with E-state index in [2.05, 4.69) is 11.1 Å². The molecule has 0 saturated carbocycles. The highest BCUT2D eigenvalue weighted by Gasteiger charge is 2.47. The van der Waals surface area contributed by atoms with Gasteiger partial charge < -0.3 is 24.3 Å². The van der Waals surface area contributed by atoms with Gasteiger partial charge in [0, 0.05) is 30.1 Å². The Balaban J connectivity index is 1.59. The number of piperazine rings is 1. The molecule has 3 aliphatic rings. The Morgan fingerprint density at radius 3 is 2.81 bits per heavy atom. The number of nitrogens with one attached hydrogen (secondary N) is 1. The van der Waals surface area contributed by atoms with Crippen molar-refractivity contribution in [1.29, 1.82) is 5.26 Å². The van der Waals surface area contributed by atoms with Crippen LogP contribution in [0.4, 0.5) is 0 Å². The van der Waals surface area contributed by atoms with E-state index in [-0.39, 0.29) is 25.2 Å². The zero-order chi connectivity index (χ0) is 21.3. The zero-order valence-corrected chi connectivity index (χ0v) is 16.7. The first-order valence-corrected chi connectivity index (χ1v) is 10.1. The lowest BCUT2D eigenvalue weighted by Gasteiger charge is -2.46. The summed E-state index contributed by atoms with van der Waals surface area (Å²) in [5.74, 6) is 1.11. The Morgan fingerprint density at radius 1 is 1.13 bits per heavy atom. The van der Waals surface area contributed by atoms with Crippen molar-refractivity contribution in [3.05, 3.63) is 58.8 Å². The third kappa shape index (κ3) is 2.46. The molecule has 0 aliphatic carbocycles. The number of fused-ring (bicyclic) bond motifs is 5. The van der Waals surface area contributed by atoms with Crippen LogP contribution < -0.4 is 9.47 Å². The second-order valence-corrected chi connectivity index (χ2v) is 8.12. The maximum absolute atomic E-state index is 13.1. The number of carbonyl (C=O) groups is 2. The molecule has 8 nitrogen and oxygen atoms in total. The van der Waals surface area contributed by atoms with Gasteiger partial charge in [0.25, 0.3) is 0 Å². The van der Waals surface area contributed by atoms with Crippen LogP contribution in [-0.2, 0) is 16.0 Å². The molecule has 6 rings (SSSR count). The molecule has 0 bridgehead atoms. The van der Waals surface area contributed by atoms with Crippen molar-refractivity contribution in [2.45, 2.75) is 18.5 Å². The molecule has 0 unspecified atom stereocenters. The number of aromatic amines is 1. The minimum atomic E-state index is -0.580. The summed E-state index contributed by atoms with van der Waals surface area (Å²) < 4.78 is 11.0. The number of H-pyrrole nitrogens is 1. The topological polar surface area (TPSA) is 98.7 Å². The molecule has 1 fully saturated rings. The number of nitrogens with zero attached hydrogens (tertiary/aromatic N) is 3. The van der Waals surface area contributed by atoms with Crippen LogP contribution in [0.2, 0.25) is 0 Å². The highest BCUT2D eigenvalue weighted by atomic mass is 16.7. The first kappa shape index (κ1) is 17.8. The molecular weight excluding hydrogens is 396 g/mol. The fourth-order valence-electron chi connectivity index (χ4n) is 4.96. The summed E-state index contributed by atoms with van der Waals surface area (Å²) in [6, 6.07) is 12.2. The van der Waals surface area contributed by atoms with E-state index < -0.39 is 12.1 Å². The fourth-order valence-corrected chi connectivity index (χ4v) is 4.96. The van der Waals surface area contributed by atoms with Crippen molar-refractivity contribution in [3.8, 4) is 17.6 Å². The van der Waals surface area contributed by atoms with Crippen LogP contribution in [0.15, 0.2) is 36.4 Å². The van der Waals surface area contributed by atoms with E-state index in [1.54, 1.807) is 24.1 Å². The van der Waals surface area contributed by atoms with Gasteiger partial charge in [-0.1, -0.05) is 12.1 Å². The van der Waals surface area contributed by atoms with Gasteiger partial charge in [0.15, 0.2) is 11.5 Å². The van der Waals surface area contributed by atoms with Crippen LogP contribution in [0.3, 0.4) is 0 Å². The largest absolute Gasteiger partial charge is 0.454 e. The molecule has 1 saturated heterocycles. The third-order valence-corrected chi connectivity index (χ3v) is 6.39. The van der Waals surface area contributed by atoms with Gasteiger partial charge in [-0.05, 0) is 35.4 Å². The van der Waals surface area contributed by atoms with Crippen molar-refractivity contribution in [2.75, 3.05) is 20.4 Å². The van der Waals surface area contributed by atoms with E-state index in [1.165, 1.54) is 4.90 Å². The second-order valence-electron chi connectivity index (χ2n) is 8.12. The first-order chi connectivity index (χ1) is 15.0. The van der Waals surface area contributed by atoms with Gasteiger partial charge in [-0.3, -0.25) is 9.59 Å². The van der Waals surface area contributed by atoms with Crippen LogP contribution in [0.5, 0.6) is 11.5 Å². The lowest BCUT2D eigenvalue weighted by Crippen LogP contribution is -2.62. The van der Waals surface area contributed by atoms with Crippen molar-refractivity contribution in [2.24, 2.45) is 0 Å². The number of carbonyl (C=O) groups excluding carboxylic acids is 2. The molecular formula is C23H18N4O4. The maximum Gasteiger partial charge on any atom is 0.245 e. The molecule has 8 heteroatoms. The number of hydrogen-bond acceptors (Lipinski definition) is 5. The van der Waals surface area contributed by atoms with Crippen LogP contribution in [0, 0.1) is 11.3 Å². The van der Waals surface area contributed by atoms with E-state index in [9.17, 15) is 14.9 Å². The standard InChI is InChI=1S/C23H18N4O4/c1-26-10-20(28)27-17(23(26)29)8-15-14-4-2-12(9-24)6-16(14)25-21(15)22(27)13-3-5-18-19(7-13)31-11-30-18/h2-7,17,22,25H,8,10-11H2,1H3/t17-,22-/m1/s1. The van der Waals surface area contributed by atoms with Gasteiger partial charge in [-0.2, -0.15) is 5.26 Å². The lowest BCUT2D eigenvalue weighted by atomic mass is 9.86. The highest BCUT2D eigenvalue weighted by Crippen LogP contribution is 2.44. The van der Waals surface area contributed by atoms with Crippen molar-refractivity contribution in [1.82, 2.24) is 14.8 Å². The van der Waals surface area contributed by atoms with Crippen molar-refractivity contribution >= 4 is 22.7 Å². The zero-order valence-electron chi connectivity index (χ0n) is 16.7. The molecule has 1 aromatic heterocycles. The fraction of sp³-hybridized carbons (Fsp3) is 0.261. The van der Waals surface area contributed by atoms with Gasteiger partial charge in [0.1, 0.15) is 6.04 Å². The number of aromatic nitrogens is 1. The molecule has 31 heavy (non-hydrogen) atoms. The van der Waals surface area contributed by atoms with Crippen molar-refractivity contribution < 1.29 is 19.1 Å². The summed E-state index contributed by atoms with van der Waals surface area (Å²) in [5, 5.41) is 10.3. The Morgan fingerprint density at radius 2 is 1.97 bits per heavy atom. The van der Waals surface area contributed by atoms with Gasteiger partial charge >= 0.3 is 0 Å². The monoisotopic (exact) mass is 414 g/mol.